The maximum absolute atomic E-state index is 6.74. The molecule has 0 bridgehead atoms. The van der Waals surface area contributed by atoms with Gasteiger partial charge in [0.15, 0.2) is 0 Å². The maximum Gasteiger partial charge on any atom is 0.127 e. The molecule has 2 heteroatoms. The molecule has 3 rings (SSSR count). The van der Waals surface area contributed by atoms with Crippen molar-refractivity contribution in [2.24, 2.45) is 17.8 Å². The summed E-state index contributed by atoms with van der Waals surface area (Å²) in [4.78, 5) is 0. The molecule has 0 aliphatic carbocycles. The molecular weight excluding hydrogens is 464 g/mol. The third-order valence-electron chi connectivity index (χ3n) is 8.62. The minimum atomic E-state index is -0.242. The van der Waals surface area contributed by atoms with E-state index in [1.807, 2.05) is 6.07 Å². The number of hydrogen-bond donors (Lipinski definition) is 0. The molecular formula is C36H54O2. The van der Waals surface area contributed by atoms with E-state index in [1.54, 1.807) is 0 Å². The summed E-state index contributed by atoms with van der Waals surface area (Å²) < 4.78 is 13.1. The van der Waals surface area contributed by atoms with Gasteiger partial charge in [-0.25, -0.2) is 0 Å². The van der Waals surface area contributed by atoms with E-state index >= 15 is 0 Å². The Morgan fingerprint density at radius 1 is 0.868 bits per heavy atom. The molecule has 3 atom stereocenters. The van der Waals surface area contributed by atoms with Crippen LogP contribution in [0.3, 0.4) is 0 Å². The molecule has 1 heterocycles. The lowest BCUT2D eigenvalue weighted by atomic mass is 9.86. The molecule has 0 saturated heterocycles. The summed E-state index contributed by atoms with van der Waals surface area (Å²) in [7, 11) is 0. The Morgan fingerprint density at radius 3 is 2.21 bits per heavy atom. The fourth-order valence-corrected chi connectivity index (χ4v) is 5.82. The maximum atomic E-state index is 6.74. The second-order valence-corrected chi connectivity index (χ2v) is 12.8. The molecule has 0 N–H and O–H groups in total. The summed E-state index contributed by atoms with van der Waals surface area (Å²) in [6.45, 7) is 18.9. The Morgan fingerprint density at radius 2 is 1.53 bits per heavy atom. The van der Waals surface area contributed by atoms with E-state index in [2.05, 4.69) is 91.8 Å². The molecule has 2 nitrogen and oxygen atoms in total. The van der Waals surface area contributed by atoms with Crippen LogP contribution >= 0.6 is 0 Å². The number of allylic oxidation sites excluding steroid dienone is 1. The van der Waals surface area contributed by atoms with Crippen LogP contribution in [0.1, 0.15) is 114 Å². The molecule has 0 fully saturated rings. The molecule has 0 unspecified atom stereocenters. The number of fused-ring (bicyclic) bond motifs is 1. The van der Waals surface area contributed by atoms with Gasteiger partial charge in [-0.05, 0) is 93.0 Å². The van der Waals surface area contributed by atoms with Gasteiger partial charge in [-0.2, -0.15) is 0 Å². The molecule has 0 amide bonds. The van der Waals surface area contributed by atoms with Gasteiger partial charge in [0, 0.05) is 5.56 Å². The number of ether oxygens (including phenoxy) is 2. The smallest absolute Gasteiger partial charge is 0.127 e. The zero-order valence-electron chi connectivity index (χ0n) is 25.7. The van der Waals surface area contributed by atoms with Gasteiger partial charge in [0.1, 0.15) is 23.7 Å². The van der Waals surface area contributed by atoms with E-state index in [1.165, 1.54) is 66.3 Å². The number of rotatable bonds is 14. The fourth-order valence-electron chi connectivity index (χ4n) is 5.82. The summed E-state index contributed by atoms with van der Waals surface area (Å²) in [5.41, 5.74) is 5.91. The van der Waals surface area contributed by atoms with E-state index in [0.717, 1.165) is 48.5 Å². The van der Waals surface area contributed by atoms with Crippen LogP contribution in [0, 0.1) is 38.5 Å². The summed E-state index contributed by atoms with van der Waals surface area (Å²) in [6.07, 6.45) is 16.1. The predicted molar refractivity (Wildman–Crippen MR) is 163 cm³/mol. The molecule has 0 aromatic heterocycles. The van der Waals surface area contributed by atoms with E-state index in [-0.39, 0.29) is 5.60 Å². The Bertz CT molecular complexity index is 1040. The van der Waals surface area contributed by atoms with Crippen LogP contribution in [0.4, 0.5) is 0 Å². The second-order valence-electron chi connectivity index (χ2n) is 12.8. The van der Waals surface area contributed by atoms with Crippen LogP contribution in [0.2, 0.25) is 0 Å². The van der Waals surface area contributed by atoms with Gasteiger partial charge >= 0.3 is 0 Å². The standard InChI is InChI=1S/C36H54O2/c1-26(2)15-12-16-27(3)17-13-18-28(4)19-14-23-36(8)24-22-33-31(7)34(29(5)30(6)35(33)38-36)37-25-32-20-10-9-11-21-32/h9-11,14,20-21,23,26-28H,12-13,15-19,22,24-25H2,1-8H3/b23-14-/t27-,28-,36-/m1/s1. The van der Waals surface area contributed by atoms with Crippen molar-refractivity contribution in [2.75, 3.05) is 0 Å². The molecule has 210 valence electrons. The summed E-state index contributed by atoms with van der Waals surface area (Å²) >= 11 is 0. The predicted octanol–water partition coefficient (Wildman–Crippen LogP) is 10.5. The van der Waals surface area contributed by atoms with Gasteiger partial charge in [-0.1, -0.05) is 103 Å². The van der Waals surface area contributed by atoms with Gasteiger partial charge in [-0.3, -0.25) is 0 Å². The highest BCUT2D eigenvalue weighted by atomic mass is 16.5. The number of benzene rings is 2. The Kier molecular flexibility index (Phi) is 11.4. The largest absolute Gasteiger partial charge is 0.488 e. The van der Waals surface area contributed by atoms with Crippen LogP contribution in [-0.2, 0) is 13.0 Å². The summed E-state index contributed by atoms with van der Waals surface area (Å²) in [5.74, 6) is 4.53. The van der Waals surface area contributed by atoms with Gasteiger partial charge in [0.05, 0.1) is 0 Å². The first-order chi connectivity index (χ1) is 18.1. The molecule has 1 aliphatic rings. The van der Waals surface area contributed by atoms with E-state index < -0.39 is 0 Å². The van der Waals surface area contributed by atoms with Crippen LogP contribution < -0.4 is 9.47 Å². The van der Waals surface area contributed by atoms with Gasteiger partial charge in [-0.15, -0.1) is 0 Å². The topological polar surface area (TPSA) is 18.5 Å². The highest BCUT2D eigenvalue weighted by Crippen LogP contribution is 2.44. The SMILES string of the molecule is Cc1c(C)c2c(c(C)c1OCc1ccccc1)CC[C@@](C)(/C=C\C[C@H](C)CCC[C@H](C)CCCC(C)C)O2. The van der Waals surface area contributed by atoms with Crippen molar-refractivity contribution in [1.29, 1.82) is 0 Å². The first kappa shape index (κ1) is 30.3. The molecule has 0 spiro atoms. The van der Waals surface area contributed by atoms with E-state index in [0.29, 0.717) is 6.61 Å². The normalized spacial score (nSPS) is 18.9. The third-order valence-corrected chi connectivity index (χ3v) is 8.62. The van der Waals surface area contributed by atoms with Crippen molar-refractivity contribution in [2.45, 2.75) is 125 Å². The van der Waals surface area contributed by atoms with Crippen molar-refractivity contribution in [1.82, 2.24) is 0 Å². The summed E-state index contributed by atoms with van der Waals surface area (Å²) in [6, 6.07) is 10.4. The average molecular weight is 519 g/mol. The highest BCUT2D eigenvalue weighted by Gasteiger charge is 2.33. The van der Waals surface area contributed by atoms with Crippen molar-refractivity contribution >= 4 is 0 Å². The Hall–Kier alpha value is -2.22. The van der Waals surface area contributed by atoms with Crippen LogP contribution in [0.5, 0.6) is 11.5 Å². The lowest BCUT2D eigenvalue weighted by molar-refractivity contribution is 0.112. The van der Waals surface area contributed by atoms with Gasteiger partial charge in [0.25, 0.3) is 0 Å². The van der Waals surface area contributed by atoms with Crippen molar-refractivity contribution in [3.63, 3.8) is 0 Å². The Labute approximate surface area is 234 Å². The van der Waals surface area contributed by atoms with Crippen LogP contribution in [0.15, 0.2) is 42.5 Å². The van der Waals surface area contributed by atoms with Crippen LogP contribution in [0.25, 0.3) is 0 Å². The minimum Gasteiger partial charge on any atom is -0.488 e. The lowest BCUT2D eigenvalue weighted by Crippen LogP contribution is -2.35. The molecule has 2 aromatic rings. The van der Waals surface area contributed by atoms with Gasteiger partial charge < -0.3 is 9.47 Å². The molecule has 2 aromatic carbocycles. The zero-order valence-corrected chi connectivity index (χ0v) is 25.7. The van der Waals surface area contributed by atoms with E-state index in [4.69, 9.17) is 9.47 Å². The monoisotopic (exact) mass is 518 g/mol. The van der Waals surface area contributed by atoms with E-state index in [9.17, 15) is 0 Å². The van der Waals surface area contributed by atoms with Crippen molar-refractivity contribution in [3.05, 3.63) is 70.3 Å². The highest BCUT2D eigenvalue weighted by molar-refractivity contribution is 5.59. The lowest BCUT2D eigenvalue weighted by Gasteiger charge is -2.36. The third kappa shape index (κ3) is 8.65. The van der Waals surface area contributed by atoms with Crippen LogP contribution in [-0.4, -0.2) is 5.60 Å². The molecule has 1 aliphatic heterocycles. The van der Waals surface area contributed by atoms with Gasteiger partial charge in [0.2, 0.25) is 0 Å². The summed E-state index contributed by atoms with van der Waals surface area (Å²) in [5, 5.41) is 0. The quantitative estimate of drug-likeness (QED) is 0.232. The van der Waals surface area contributed by atoms with Crippen molar-refractivity contribution < 1.29 is 9.47 Å². The first-order valence-corrected chi connectivity index (χ1v) is 15.3. The van der Waals surface area contributed by atoms with Crippen molar-refractivity contribution in [3.8, 4) is 11.5 Å². The zero-order chi connectivity index (χ0) is 27.7. The molecule has 0 radical (unpaired) electrons. The number of hydrogen-bond acceptors (Lipinski definition) is 2. The average Bonchev–Trinajstić information content (AvgIpc) is 2.87. The first-order valence-electron chi connectivity index (χ1n) is 15.3. The Balaban J connectivity index is 1.53. The second kappa shape index (κ2) is 14.2. The minimum absolute atomic E-state index is 0.242. The fraction of sp³-hybridized carbons (Fsp3) is 0.611. The molecule has 0 saturated carbocycles. The molecule has 38 heavy (non-hydrogen) atoms.